The van der Waals surface area contributed by atoms with Crippen LogP contribution in [0.1, 0.15) is 19.8 Å². The third-order valence-electron chi connectivity index (χ3n) is 4.75. The zero-order valence-corrected chi connectivity index (χ0v) is 20.0. The van der Waals surface area contributed by atoms with Gasteiger partial charge in [-0.05, 0) is 44.0 Å². The summed E-state index contributed by atoms with van der Waals surface area (Å²) in [6, 6.07) is 7.00. The summed E-state index contributed by atoms with van der Waals surface area (Å²) in [7, 11) is 0. The number of halogens is 2. The molecule has 2 aliphatic rings. The number of nitrogens with one attached hydrogen (secondary N) is 2. The monoisotopic (exact) mass is 535 g/mol. The van der Waals surface area contributed by atoms with Crippen LogP contribution in [0.4, 0.5) is 4.39 Å². The van der Waals surface area contributed by atoms with Crippen molar-refractivity contribution < 1.29 is 9.18 Å². The van der Waals surface area contributed by atoms with Gasteiger partial charge in [-0.1, -0.05) is 0 Å². The maximum atomic E-state index is 13.0. The van der Waals surface area contributed by atoms with Gasteiger partial charge in [0.15, 0.2) is 5.96 Å². The second-order valence-electron chi connectivity index (χ2n) is 7.14. The maximum Gasteiger partial charge on any atom is 0.234 e. The molecule has 1 amide bonds. The Labute approximate surface area is 194 Å². The molecule has 1 heterocycles. The number of hydrogen-bond donors (Lipinski definition) is 2. The van der Waals surface area contributed by atoms with E-state index in [1.807, 2.05) is 0 Å². The van der Waals surface area contributed by atoms with E-state index in [0.29, 0.717) is 19.1 Å². The quantitative estimate of drug-likeness (QED) is 0.176. The predicted molar refractivity (Wildman–Crippen MR) is 128 cm³/mol. The number of amides is 1. The molecule has 0 radical (unpaired) electrons. The molecule has 0 spiro atoms. The average molecular weight is 535 g/mol. The summed E-state index contributed by atoms with van der Waals surface area (Å²) >= 11 is 1.68. The van der Waals surface area contributed by atoms with Gasteiger partial charge in [0, 0.05) is 49.4 Å². The first-order valence-corrected chi connectivity index (χ1v) is 11.1. The van der Waals surface area contributed by atoms with Crippen LogP contribution in [-0.2, 0) is 4.79 Å². The fourth-order valence-electron chi connectivity index (χ4n) is 3.09. The Hall–Kier alpha value is -1.07. The van der Waals surface area contributed by atoms with Crippen molar-refractivity contribution in [2.45, 2.75) is 30.7 Å². The van der Waals surface area contributed by atoms with Crippen LogP contribution < -0.4 is 10.6 Å². The zero-order chi connectivity index (χ0) is 19.8. The molecule has 1 aliphatic carbocycles. The molecule has 6 nitrogen and oxygen atoms in total. The van der Waals surface area contributed by atoms with Crippen molar-refractivity contribution in [2.75, 3.05) is 51.6 Å². The standard InChI is InChI=1S/C20H30FN5OS.HI/c1-2-22-20(23-9-14-28-18-7-3-16(21)4-8-18)26-12-10-25(11-13-26)15-19(27)24-17-5-6-17;/h3-4,7-8,17H,2,5-6,9-15H2,1H3,(H,22,23)(H,24,27);1H. The number of carbonyl (C=O) groups excluding carboxylic acids is 1. The average Bonchev–Trinajstić information content (AvgIpc) is 3.50. The molecule has 29 heavy (non-hydrogen) atoms. The van der Waals surface area contributed by atoms with Crippen molar-refractivity contribution >= 4 is 47.6 Å². The number of hydrogen-bond acceptors (Lipinski definition) is 4. The fourth-order valence-corrected chi connectivity index (χ4v) is 3.84. The zero-order valence-electron chi connectivity index (χ0n) is 16.9. The molecule has 1 saturated heterocycles. The van der Waals surface area contributed by atoms with Crippen LogP contribution in [0, 0.1) is 5.82 Å². The molecule has 1 saturated carbocycles. The Morgan fingerprint density at radius 1 is 1.21 bits per heavy atom. The Balaban J connectivity index is 0.00000300. The Morgan fingerprint density at radius 3 is 2.52 bits per heavy atom. The van der Waals surface area contributed by atoms with E-state index in [1.165, 1.54) is 12.1 Å². The van der Waals surface area contributed by atoms with Crippen molar-refractivity contribution in [3.8, 4) is 0 Å². The first kappa shape index (κ1) is 24.2. The Kier molecular flexibility index (Phi) is 10.5. The van der Waals surface area contributed by atoms with Crippen LogP contribution in [0.3, 0.4) is 0 Å². The van der Waals surface area contributed by atoms with Crippen molar-refractivity contribution in [1.82, 2.24) is 20.4 Å². The summed E-state index contributed by atoms with van der Waals surface area (Å²) in [5.74, 6) is 1.72. The van der Waals surface area contributed by atoms with Gasteiger partial charge >= 0.3 is 0 Å². The van der Waals surface area contributed by atoms with Gasteiger partial charge in [-0.15, -0.1) is 35.7 Å². The minimum absolute atomic E-state index is 0. The fraction of sp³-hybridized carbons (Fsp3) is 0.600. The number of thioether (sulfide) groups is 1. The molecule has 1 aromatic rings. The largest absolute Gasteiger partial charge is 0.357 e. The second kappa shape index (κ2) is 12.6. The minimum Gasteiger partial charge on any atom is -0.357 e. The van der Waals surface area contributed by atoms with Gasteiger partial charge < -0.3 is 15.5 Å². The van der Waals surface area contributed by atoms with Gasteiger partial charge in [0.2, 0.25) is 5.91 Å². The molecule has 0 bridgehead atoms. The summed E-state index contributed by atoms with van der Waals surface area (Å²) in [6.45, 7) is 7.57. The topological polar surface area (TPSA) is 60.0 Å². The first-order valence-electron chi connectivity index (χ1n) is 10.1. The molecular weight excluding hydrogens is 504 g/mol. The Morgan fingerprint density at radius 2 is 1.90 bits per heavy atom. The van der Waals surface area contributed by atoms with E-state index in [1.54, 1.807) is 23.9 Å². The highest BCUT2D eigenvalue weighted by molar-refractivity contribution is 14.0. The number of rotatable bonds is 8. The van der Waals surface area contributed by atoms with Crippen molar-refractivity contribution in [1.29, 1.82) is 0 Å². The van der Waals surface area contributed by atoms with E-state index < -0.39 is 0 Å². The number of guanidine groups is 1. The van der Waals surface area contributed by atoms with E-state index in [-0.39, 0.29) is 35.7 Å². The number of aliphatic imine (C=N–C) groups is 1. The lowest BCUT2D eigenvalue weighted by Crippen LogP contribution is -2.54. The molecule has 9 heteroatoms. The molecule has 1 aliphatic heterocycles. The highest BCUT2D eigenvalue weighted by Crippen LogP contribution is 2.19. The van der Waals surface area contributed by atoms with Crippen LogP contribution in [0.5, 0.6) is 0 Å². The normalized spacial score (nSPS) is 17.6. The van der Waals surface area contributed by atoms with Gasteiger partial charge in [0.05, 0.1) is 13.1 Å². The first-order chi connectivity index (χ1) is 13.6. The molecule has 0 unspecified atom stereocenters. The van der Waals surface area contributed by atoms with E-state index in [4.69, 9.17) is 4.99 Å². The lowest BCUT2D eigenvalue weighted by molar-refractivity contribution is -0.122. The summed E-state index contributed by atoms with van der Waals surface area (Å²) in [6.07, 6.45) is 2.25. The van der Waals surface area contributed by atoms with Gasteiger partial charge in [0.25, 0.3) is 0 Å². The molecule has 2 fully saturated rings. The Bertz CT molecular complexity index is 663. The maximum absolute atomic E-state index is 13.0. The molecule has 2 N–H and O–H groups in total. The third kappa shape index (κ3) is 8.67. The lowest BCUT2D eigenvalue weighted by Gasteiger charge is -2.36. The number of piperazine rings is 1. The highest BCUT2D eigenvalue weighted by Gasteiger charge is 2.25. The highest BCUT2D eigenvalue weighted by atomic mass is 127. The van der Waals surface area contributed by atoms with E-state index in [2.05, 4.69) is 27.4 Å². The minimum atomic E-state index is -0.207. The van der Waals surface area contributed by atoms with Crippen LogP contribution >= 0.6 is 35.7 Å². The van der Waals surface area contributed by atoms with E-state index in [0.717, 1.165) is 62.2 Å². The second-order valence-corrected chi connectivity index (χ2v) is 8.31. The summed E-state index contributed by atoms with van der Waals surface area (Å²) in [5.41, 5.74) is 0. The van der Waals surface area contributed by atoms with E-state index in [9.17, 15) is 9.18 Å². The van der Waals surface area contributed by atoms with Crippen LogP contribution in [0.2, 0.25) is 0 Å². The molecule has 1 aromatic carbocycles. The van der Waals surface area contributed by atoms with Gasteiger partial charge in [-0.25, -0.2) is 4.39 Å². The summed E-state index contributed by atoms with van der Waals surface area (Å²) in [4.78, 5) is 22.2. The number of carbonyl (C=O) groups is 1. The summed E-state index contributed by atoms with van der Waals surface area (Å²) in [5, 5.41) is 6.42. The molecule has 3 rings (SSSR count). The van der Waals surface area contributed by atoms with Crippen LogP contribution in [0.25, 0.3) is 0 Å². The van der Waals surface area contributed by atoms with Crippen LogP contribution in [0.15, 0.2) is 34.2 Å². The van der Waals surface area contributed by atoms with Gasteiger partial charge in [0.1, 0.15) is 5.82 Å². The van der Waals surface area contributed by atoms with Crippen molar-refractivity contribution in [3.05, 3.63) is 30.1 Å². The number of benzene rings is 1. The third-order valence-corrected chi connectivity index (χ3v) is 5.74. The lowest BCUT2D eigenvalue weighted by atomic mass is 10.3. The number of nitrogens with zero attached hydrogens (tertiary/aromatic N) is 3. The molecule has 162 valence electrons. The van der Waals surface area contributed by atoms with Gasteiger partial charge in [-0.2, -0.15) is 0 Å². The molecule has 0 atom stereocenters. The predicted octanol–water partition coefficient (Wildman–Crippen LogP) is 2.40. The van der Waals surface area contributed by atoms with Crippen molar-refractivity contribution in [3.63, 3.8) is 0 Å². The van der Waals surface area contributed by atoms with Crippen molar-refractivity contribution in [2.24, 2.45) is 4.99 Å². The van der Waals surface area contributed by atoms with E-state index >= 15 is 0 Å². The SMILES string of the molecule is CCNC(=NCCSc1ccc(F)cc1)N1CCN(CC(=O)NC2CC2)CC1.I. The molecular formula is C20H31FIN5OS. The van der Waals surface area contributed by atoms with Crippen LogP contribution in [-0.4, -0.2) is 79.3 Å². The van der Waals surface area contributed by atoms with Gasteiger partial charge in [-0.3, -0.25) is 14.7 Å². The summed E-state index contributed by atoms with van der Waals surface area (Å²) < 4.78 is 13.0. The smallest absolute Gasteiger partial charge is 0.234 e. The molecule has 0 aromatic heterocycles.